The molecule has 1 fully saturated rings. The van der Waals surface area contributed by atoms with Crippen molar-refractivity contribution in [2.45, 2.75) is 25.7 Å². The molecule has 0 aliphatic carbocycles. The van der Waals surface area contributed by atoms with Crippen LogP contribution in [0.15, 0.2) is 0 Å². The van der Waals surface area contributed by atoms with Crippen LogP contribution in [0.5, 0.6) is 0 Å². The highest BCUT2D eigenvalue weighted by Gasteiger charge is 2.32. The lowest BCUT2D eigenvalue weighted by atomic mass is 10.4. The van der Waals surface area contributed by atoms with Crippen LogP contribution < -0.4 is 11.1 Å². The lowest BCUT2D eigenvalue weighted by Gasteiger charge is -2.12. The maximum absolute atomic E-state index is 11.5. The molecular weight excluding hydrogens is 322 g/mol. The first kappa shape index (κ1) is 20.0. The van der Waals surface area contributed by atoms with E-state index in [9.17, 15) is 19.2 Å². The van der Waals surface area contributed by atoms with Crippen LogP contribution in [0.2, 0.25) is 0 Å². The molecule has 1 rings (SSSR count). The number of nitrogens with one attached hydrogen (secondary N) is 1. The lowest BCUT2D eigenvalue weighted by molar-refractivity contribution is -0.198. The van der Waals surface area contributed by atoms with Crippen LogP contribution in [0.4, 0.5) is 0 Å². The van der Waals surface area contributed by atoms with Gasteiger partial charge in [-0.1, -0.05) is 0 Å². The summed E-state index contributed by atoms with van der Waals surface area (Å²) in [6.45, 7) is 1.72. The van der Waals surface area contributed by atoms with Crippen molar-refractivity contribution >= 4 is 23.7 Å². The van der Waals surface area contributed by atoms with Gasteiger partial charge in [-0.05, 0) is 0 Å². The number of nitrogens with zero attached hydrogens (tertiary/aromatic N) is 1. The van der Waals surface area contributed by atoms with Gasteiger partial charge in [0.15, 0.2) is 0 Å². The molecule has 3 N–H and O–H groups in total. The molecule has 0 radical (unpaired) electrons. The standard InChI is InChI=1S/C14H23N3O7/c15-5-3-11(18)16-6-8-23-10-9-22-7-4-14(21)24-17-12(19)1-2-13(17)20/h1-10,15H2,(H,16,18). The summed E-state index contributed by atoms with van der Waals surface area (Å²) in [6, 6.07) is 0. The zero-order valence-electron chi connectivity index (χ0n) is 13.5. The Morgan fingerprint density at radius 2 is 1.62 bits per heavy atom. The molecule has 1 heterocycles. The maximum Gasteiger partial charge on any atom is 0.335 e. The number of carbonyl (C=O) groups is 4. The van der Waals surface area contributed by atoms with E-state index in [4.69, 9.17) is 15.2 Å². The molecule has 0 aromatic carbocycles. The SMILES string of the molecule is NCCC(=O)NCCOCCOCCC(=O)ON1C(=O)CCC1=O. The number of nitrogens with two attached hydrogens (primary N) is 1. The average Bonchev–Trinajstić information content (AvgIpc) is 2.85. The minimum atomic E-state index is -0.706. The van der Waals surface area contributed by atoms with Gasteiger partial charge in [0.1, 0.15) is 0 Å². The summed E-state index contributed by atoms with van der Waals surface area (Å²) < 4.78 is 10.4. The largest absolute Gasteiger partial charge is 0.378 e. The summed E-state index contributed by atoms with van der Waals surface area (Å²) in [7, 11) is 0. The molecule has 10 nitrogen and oxygen atoms in total. The summed E-state index contributed by atoms with van der Waals surface area (Å²) in [6.07, 6.45) is 0.333. The van der Waals surface area contributed by atoms with Crippen LogP contribution in [0, 0.1) is 0 Å². The Balaban J connectivity index is 1.93. The van der Waals surface area contributed by atoms with Crippen molar-refractivity contribution < 1.29 is 33.5 Å². The van der Waals surface area contributed by atoms with E-state index in [2.05, 4.69) is 10.2 Å². The summed E-state index contributed by atoms with van der Waals surface area (Å²) >= 11 is 0. The zero-order valence-corrected chi connectivity index (χ0v) is 13.5. The molecule has 0 atom stereocenters. The fourth-order valence-corrected chi connectivity index (χ4v) is 1.76. The van der Waals surface area contributed by atoms with E-state index in [1.54, 1.807) is 0 Å². The number of hydrogen-bond donors (Lipinski definition) is 2. The molecule has 3 amide bonds. The summed E-state index contributed by atoms with van der Waals surface area (Å²) in [5.74, 6) is -1.85. The van der Waals surface area contributed by atoms with Gasteiger partial charge in [0, 0.05) is 32.4 Å². The molecule has 1 aliphatic heterocycles. The zero-order chi connectivity index (χ0) is 17.8. The number of amides is 3. The van der Waals surface area contributed by atoms with Crippen molar-refractivity contribution in [2.75, 3.05) is 39.5 Å². The third kappa shape index (κ3) is 7.99. The van der Waals surface area contributed by atoms with E-state index >= 15 is 0 Å². The molecule has 0 spiro atoms. The highest BCUT2D eigenvalue weighted by molar-refractivity contribution is 6.01. The number of ether oxygens (including phenoxy) is 2. The second kappa shape index (κ2) is 11.5. The number of imide groups is 1. The van der Waals surface area contributed by atoms with Gasteiger partial charge in [-0.3, -0.25) is 14.4 Å². The molecule has 0 bridgehead atoms. The Labute approximate surface area is 139 Å². The van der Waals surface area contributed by atoms with Gasteiger partial charge in [0.25, 0.3) is 11.8 Å². The molecule has 136 valence electrons. The molecule has 0 saturated carbocycles. The number of hydrogen-bond acceptors (Lipinski definition) is 8. The van der Waals surface area contributed by atoms with Crippen LogP contribution in [0.25, 0.3) is 0 Å². The van der Waals surface area contributed by atoms with Crippen LogP contribution >= 0.6 is 0 Å². The van der Waals surface area contributed by atoms with E-state index in [-0.39, 0.29) is 44.8 Å². The number of carbonyl (C=O) groups excluding carboxylic acids is 4. The van der Waals surface area contributed by atoms with Crippen molar-refractivity contribution in [1.29, 1.82) is 0 Å². The highest BCUT2D eigenvalue weighted by atomic mass is 16.7. The summed E-state index contributed by atoms with van der Waals surface area (Å²) in [4.78, 5) is 49.7. The molecule has 1 aliphatic rings. The van der Waals surface area contributed by atoms with Gasteiger partial charge in [-0.15, -0.1) is 5.06 Å². The van der Waals surface area contributed by atoms with Gasteiger partial charge in [-0.25, -0.2) is 4.79 Å². The fraction of sp³-hybridized carbons (Fsp3) is 0.714. The minimum Gasteiger partial charge on any atom is -0.378 e. The van der Waals surface area contributed by atoms with E-state index in [1.165, 1.54) is 0 Å². The van der Waals surface area contributed by atoms with Crippen molar-refractivity contribution in [3.63, 3.8) is 0 Å². The first-order chi connectivity index (χ1) is 11.5. The smallest absolute Gasteiger partial charge is 0.335 e. The Morgan fingerprint density at radius 3 is 2.25 bits per heavy atom. The van der Waals surface area contributed by atoms with Crippen molar-refractivity contribution in [3.8, 4) is 0 Å². The molecule has 0 unspecified atom stereocenters. The predicted molar refractivity (Wildman–Crippen MR) is 80.1 cm³/mol. The van der Waals surface area contributed by atoms with Gasteiger partial charge in [0.2, 0.25) is 5.91 Å². The Kier molecular flexibility index (Phi) is 9.58. The predicted octanol–water partition coefficient (Wildman–Crippen LogP) is -1.52. The van der Waals surface area contributed by atoms with Crippen LogP contribution in [-0.4, -0.2) is 68.3 Å². The minimum absolute atomic E-state index is 0.0621. The van der Waals surface area contributed by atoms with Crippen LogP contribution in [0.3, 0.4) is 0 Å². The topological polar surface area (TPSA) is 137 Å². The first-order valence-electron chi connectivity index (χ1n) is 7.73. The van der Waals surface area contributed by atoms with Gasteiger partial charge >= 0.3 is 5.97 Å². The number of rotatable bonds is 12. The van der Waals surface area contributed by atoms with E-state index in [1.807, 2.05) is 0 Å². The monoisotopic (exact) mass is 345 g/mol. The van der Waals surface area contributed by atoms with Gasteiger partial charge in [-0.2, -0.15) is 0 Å². The molecule has 0 aromatic rings. The van der Waals surface area contributed by atoms with Crippen molar-refractivity contribution in [1.82, 2.24) is 10.4 Å². The molecule has 1 saturated heterocycles. The molecular formula is C14H23N3O7. The molecule has 10 heteroatoms. The number of hydroxylamine groups is 2. The quantitative estimate of drug-likeness (QED) is 0.321. The van der Waals surface area contributed by atoms with Crippen LogP contribution in [-0.2, 0) is 33.5 Å². The Hall–Kier alpha value is -2.04. The lowest BCUT2D eigenvalue weighted by Crippen LogP contribution is -2.32. The van der Waals surface area contributed by atoms with Crippen LogP contribution in [0.1, 0.15) is 25.7 Å². The van der Waals surface area contributed by atoms with Crippen molar-refractivity contribution in [2.24, 2.45) is 5.73 Å². The average molecular weight is 345 g/mol. The molecule has 0 aromatic heterocycles. The summed E-state index contributed by atoms with van der Waals surface area (Å²) in [5.41, 5.74) is 5.23. The summed E-state index contributed by atoms with van der Waals surface area (Å²) in [5, 5.41) is 3.14. The third-order valence-corrected chi connectivity index (χ3v) is 2.96. The maximum atomic E-state index is 11.5. The second-order valence-electron chi connectivity index (χ2n) is 4.91. The fourth-order valence-electron chi connectivity index (χ4n) is 1.76. The van der Waals surface area contributed by atoms with Crippen molar-refractivity contribution in [3.05, 3.63) is 0 Å². The van der Waals surface area contributed by atoms with E-state index < -0.39 is 17.8 Å². The second-order valence-corrected chi connectivity index (χ2v) is 4.91. The first-order valence-corrected chi connectivity index (χ1v) is 7.73. The highest BCUT2D eigenvalue weighted by Crippen LogP contribution is 2.12. The molecule has 24 heavy (non-hydrogen) atoms. The Morgan fingerprint density at radius 1 is 1.00 bits per heavy atom. The normalized spacial score (nSPS) is 14.1. The Bertz CT molecular complexity index is 440. The third-order valence-electron chi connectivity index (χ3n) is 2.96. The van der Waals surface area contributed by atoms with E-state index in [0.29, 0.717) is 31.4 Å². The van der Waals surface area contributed by atoms with E-state index in [0.717, 1.165) is 0 Å². The van der Waals surface area contributed by atoms with Gasteiger partial charge in [0.05, 0.1) is 32.8 Å². The van der Waals surface area contributed by atoms with Gasteiger partial charge < -0.3 is 25.4 Å².